The van der Waals surface area contributed by atoms with E-state index in [2.05, 4.69) is 15.4 Å². The number of nitrogens with one attached hydrogen (secondary N) is 1. The largest absolute Gasteiger partial charge is 0.361 e. The van der Waals surface area contributed by atoms with Gasteiger partial charge in [0.25, 0.3) is 5.91 Å². The minimum absolute atomic E-state index is 0.0333. The molecule has 26 heavy (non-hydrogen) atoms. The van der Waals surface area contributed by atoms with Crippen LogP contribution in [-0.2, 0) is 11.2 Å². The molecule has 0 atom stereocenters. The Morgan fingerprint density at radius 1 is 1.15 bits per heavy atom. The SMILES string of the molecule is CCc1noc(C)c1C(=O)N1CCN(CC(=O)Nc2ccccc2)CC1. The highest BCUT2D eigenvalue weighted by molar-refractivity contribution is 5.96. The van der Waals surface area contributed by atoms with E-state index in [1.807, 2.05) is 42.2 Å². The molecule has 1 aromatic carbocycles. The van der Waals surface area contributed by atoms with Crippen molar-refractivity contribution in [2.75, 3.05) is 38.0 Å². The third-order valence-electron chi connectivity index (χ3n) is 4.57. The van der Waals surface area contributed by atoms with Crippen molar-refractivity contribution in [3.05, 3.63) is 47.3 Å². The number of anilines is 1. The normalized spacial score (nSPS) is 15.1. The third kappa shape index (κ3) is 4.11. The molecule has 1 aliphatic rings. The van der Waals surface area contributed by atoms with Crippen molar-refractivity contribution in [3.63, 3.8) is 0 Å². The first-order valence-corrected chi connectivity index (χ1v) is 8.90. The molecule has 7 nitrogen and oxygen atoms in total. The molecule has 0 radical (unpaired) electrons. The van der Waals surface area contributed by atoms with Crippen LogP contribution >= 0.6 is 0 Å². The molecular weight excluding hydrogens is 332 g/mol. The number of para-hydroxylation sites is 1. The minimum Gasteiger partial charge on any atom is -0.361 e. The number of nitrogens with zero attached hydrogens (tertiary/aromatic N) is 3. The first kappa shape index (κ1) is 18.1. The summed E-state index contributed by atoms with van der Waals surface area (Å²) < 4.78 is 5.17. The second kappa shape index (κ2) is 8.14. The van der Waals surface area contributed by atoms with Crippen LogP contribution in [0.2, 0.25) is 0 Å². The van der Waals surface area contributed by atoms with Crippen LogP contribution < -0.4 is 5.32 Å². The second-order valence-electron chi connectivity index (χ2n) is 6.40. The summed E-state index contributed by atoms with van der Waals surface area (Å²) in [6.45, 7) is 6.56. The summed E-state index contributed by atoms with van der Waals surface area (Å²) in [5.74, 6) is 0.490. The van der Waals surface area contributed by atoms with E-state index in [0.717, 1.165) is 5.69 Å². The maximum Gasteiger partial charge on any atom is 0.259 e. The molecule has 7 heteroatoms. The summed E-state index contributed by atoms with van der Waals surface area (Å²) in [6.07, 6.45) is 0.665. The summed E-state index contributed by atoms with van der Waals surface area (Å²) in [6, 6.07) is 9.41. The van der Waals surface area contributed by atoms with Gasteiger partial charge in [-0.3, -0.25) is 14.5 Å². The van der Waals surface area contributed by atoms with Gasteiger partial charge in [0.05, 0.1) is 12.2 Å². The first-order valence-electron chi connectivity index (χ1n) is 8.90. The summed E-state index contributed by atoms with van der Waals surface area (Å²) >= 11 is 0. The highest BCUT2D eigenvalue weighted by Crippen LogP contribution is 2.17. The predicted molar refractivity (Wildman–Crippen MR) is 98.0 cm³/mol. The Balaban J connectivity index is 1.52. The van der Waals surface area contributed by atoms with E-state index in [-0.39, 0.29) is 11.8 Å². The van der Waals surface area contributed by atoms with E-state index in [1.54, 1.807) is 6.92 Å². The van der Waals surface area contributed by atoms with Crippen LogP contribution in [0.15, 0.2) is 34.9 Å². The van der Waals surface area contributed by atoms with Gasteiger partial charge in [0.15, 0.2) is 0 Å². The van der Waals surface area contributed by atoms with Crippen LogP contribution in [0.1, 0.15) is 28.7 Å². The number of aromatic nitrogens is 1. The van der Waals surface area contributed by atoms with Gasteiger partial charge in [-0.2, -0.15) is 0 Å². The molecule has 0 aliphatic carbocycles. The Bertz CT molecular complexity index is 764. The lowest BCUT2D eigenvalue weighted by Crippen LogP contribution is -2.50. The fourth-order valence-corrected chi connectivity index (χ4v) is 3.13. The Morgan fingerprint density at radius 3 is 2.50 bits per heavy atom. The van der Waals surface area contributed by atoms with Crippen molar-refractivity contribution in [2.45, 2.75) is 20.3 Å². The zero-order chi connectivity index (χ0) is 18.5. The maximum absolute atomic E-state index is 12.8. The average Bonchev–Trinajstić information content (AvgIpc) is 3.03. The number of benzene rings is 1. The Kier molecular flexibility index (Phi) is 5.68. The van der Waals surface area contributed by atoms with Gasteiger partial charge in [0.2, 0.25) is 5.91 Å². The van der Waals surface area contributed by atoms with Crippen LogP contribution in [-0.4, -0.2) is 59.5 Å². The van der Waals surface area contributed by atoms with Gasteiger partial charge in [-0.05, 0) is 25.5 Å². The molecule has 0 saturated carbocycles. The number of hydrogen-bond acceptors (Lipinski definition) is 5. The van der Waals surface area contributed by atoms with E-state index >= 15 is 0 Å². The quantitative estimate of drug-likeness (QED) is 0.886. The Hall–Kier alpha value is -2.67. The van der Waals surface area contributed by atoms with Gasteiger partial charge in [-0.25, -0.2) is 0 Å². The number of piperazine rings is 1. The standard InChI is InChI=1S/C19H24N4O3/c1-3-16-18(14(2)26-21-16)19(25)23-11-9-22(10-12-23)13-17(24)20-15-7-5-4-6-8-15/h4-8H,3,9-13H2,1-2H3,(H,20,24). The number of carbonyl (C=O) groups is 2. The molecule has 2 amide bonds. The van der Waals surface area contributed by atoms with Crippen molar-refractivity contribution in [1.29, 1.82) is 0 Å². The van der Waals surface area contributed by atoms with Gasteiger partial charge in [-0.15, -0.1) is 0 Å². The summed E-state index contributed by atoms with van der Waals surface area (Å²) in [7, 11) is 0. The molecule has 0 spiro atoms. The number of aryl methyl sites for hydroxylation is 2. The van der Waals surface area contributed by atoms with E-state index in [4.69, 9.17) is 4.52 Å². The average molecular weight is 356 g/mol. The van der Waals surface area contributed by atoms with Crippen molar-refractivity contribution >= 4 is 17.5 Å². The van der Waals surface area contributed by atoms with Gasteiger partial charge >= 0.3 is 0 Å². The topological polar surface area (TPSA) is 78.7 Å². The molecule has 2 aromatic rings. The Morgan fingerprint density at radius 2 is 1.85 bits per heavy atom. The monoisotopic (exact) mass is 356 g/mol. The molecule has 0 unspecified atom stereocenters. The predicted octanol–water partition coefficient (Wildman–Crippen LogP) is 1.94. The van der Waals surface area contributed by atoms with E-state index < -0.39 is 0 Å². The maximum atomic E-state index is 12.8. The summed E-state index contributed by atoms with van der Waals surface area (Å²) in [5, 5.41) is 6.84. The van der Waals surface area contributed by atoms with E-state index in [9.17, 15) is 9.59 Å². The molecule has 138 valence electrons. The molecule has 3 rings (SSSR count). The second-order valence-corrected chi connectivity index (χ2v) is 6.40. The fourth-order valence-electron chi connectivity index (χ4n) is 3.13. The van der Waals surface area contributed by atoms with E-state index in [0.29, 0.717) is 56.2 Å². The lowest BCUT2D eigenvalue weighted by Gasteiger charge is -2.34. The molecule has 0 bridgehead atoms. The lowest BCUT2D eigenvalue weighted by atomic mass is 10.1. The summed E-state index contributed by atoms with van der Waals surface area (Å²) in [4.78, 5) is 28.8. The van der Waals surface area contributed by atoms with Crippen LogP contribution in [0.3, 0.4) is 0 Å². The summed E-state index contributed by atoms with van der Waals surface area (Å²) in [5.41, 5.74) is 2.08. The lowest BCUT2D eigenvalue weighted by molar-refractivity contribution is -0.117. The minimum atomic E-state index is -0.0425. The third-order valence-corrected chi connectivity index (χ3v) is 4.57. The number of amides is 2. The molecule has 1 aliphatic heterocycles. The molecule has 1 saturated heterocycles. The van der Waals surface area contributed by atoms with Crippen LogP contribution in [0.5, 0.6) is 0 Å². The van der Waals surface area contributed by atoms with Crippen molar-refractivity contribution in [2.24, 2.45) is 0 Å². The van der Waals surface area contributed by atoms with Crippen LogP contribution in [0.4, 0.5) is 5.69 Å². The highest BCUT2D eigenvalue weighted by atomic mass is 16.5. The zero-order valence-electron chi connectivity index (χ0n) is 15.2. The fraction of sp³-hybridized carbons (Fsp3) is 0.421. The zero-order valence-corrected chi connectivity index (χ0v) is 15.2. The Labute approximate surface area is 152 Å². The van der Waals surface area contributed by atoms with Crippen LogP contribution in [0.25, 0.3) is 0 Å². The molecule has 1 N–H and O–H groups in total. The number of hydrogen-bond donors (Lipinski definition) is 1. The van der Waals surface area contributed by atoms with E-state index in [1.165, 1.54) is 0 Å². The molecular formula is C19H24N4O3. The first-order chi connectivity index (χ1) is 12.6. The van der Waals surface area contributed by atoms with Crippen molar-refractivity contribution < 1.29 is 14.1 Å². The molecule has 2 heterocycles. The van der Waals surface area contributed by atoms with Gasteiger partial charge in [0, 0.05) is 31.9 Å². The van der Waals surface area contributed by atoms with Gasteiger partial charge in [-0.1, -0.05) is 30.3 Å². The number of rotatable bonds is 5. The molecule has 1 fully saturated rings. The van der Waals surface area contributed by atoms with Crippen molar-refractivity contribution in [3.8, 4) is 0 Å². The smallest absolute Gasteiger partial charge is 0.259 e. The van der Waals surface area contributed by atoms with Gasteiger partial charge < -0.3 is 14.7 Å². The number of carbonyl (C=O) groups excluding carboxylic acids is 2. The van der Waals surface area contributed by atoms with Crippen LogP contribution in [0, 0.1) is 6.92 Å². The highest BCUT2D eigenvalue weighted by Gasteiger charge is 2.27. The van der Waals surface area contributed by atoms with Gasteiger partial charge in [0.1, 0.15) is 11.3 Å². The molecule has 1 aromatic heterocycles. The van der Waals surface area contributed by atoms with Crippen molar-refractivity contribution in [1.82, 2.24) is 15.0 Å².